The van der Waals surface area contributed by atoms with Gasteiger partial charge in [-0.1, -0.05) is 46.1 Å². The van der Waals surface area contributed by atoms with E-state index >= 15 is 0 Å². The summed E-state index contributed by atoms with van der Waals surface area (Å²) in [5.41, 5.74) is 2.35. The summed E-state index contributed by atoms with van der Waals surface area (Å²) in [5, 5.41) is 9.63. The van der Waals surface area contributed by atoms with Crippen molar-refractivity contribution in [2.75, 3.05) is 0 Å². The molecule has 0 amide bonds. The molecule has 1 spiro atoms. The topological polar surface area (TPSA) is 23.8 Å². The van der Waals surface area contributed by atoms with Crippen molar-refractivity contribution in [2.45, 2.75) is 104 Å². The number of allylic oxidation sites excluding steroid dienone is 2. The predicted molar refractivity (Wildman–Crippen MR) is 113 cm³/mol. The summed E-state index contributed by atoms with van der Waals surface area (Å²) in [7, 11) is 0. The molecule has 5 aliphatic rings. The molecule has 0 aliphatic heterocycles. The van der Waals surface area contributed by atoms with Crippen LogP contribution < -0.4 is 0 Å². The minimum atomic E-state index is 0.527. The highest BCUT2D eigenvalue weighted by Crippen LogP contribution is 2.70. The second kappa shape index (κ2) is 7.57. The second-order valence-corrected chi connectivity index (χ2v) is 10.8. The lowest BCUT2D eigenvalue weighted by molar-refractivity contribution is -0.115. The van der Waals surface area contributed by atoms with Gasteiger partial charge in [-0.05, 0) is 105 Å². The first kappa shape index (κ1) is 19.5. The lowest BCUT2D eigenvalue weighted by atomic mass is 9.43. The normalized spacial score (nSPS) is 47.8. The van der Waals surface area contributed by atoms with Crippen LogP contribution in [0.3, 0.4) is 0 Å². The first-order valence-corrected chi connectivity index (χ1v) is 12.2. The molecule has 4 fully saturated rings. The molecular formula is C26H41N. The van der Waals surface area contributed by atoms with E-state index in [1.165, 1.54) is 89.0 Å². The van der Waals surface area contributed by atoms with E-state index in [1.54, 1.807) is 0 Å². The fourth-order valence-electron chi connectivity index (χ4n) is 8.82. The molecule has 7 atom stereocenters. The zero-order chi connectivity index (χ0) is 19.1. The number of hydrogen-bond acceptors (Lipinski definition) is 1. The quantitative estimate of drug-likeness (QED) is 0.431. The molecule has 0 N–H and O–H groups in total. The van der Waals surface area contributed by atoms with Crippen molar-refractivity contribution in [2.24, 2.45) is 40.4 Å². The SMILES string of the molecule is CC12CCCCC1CCC1C2CCC23CCC=C(C#N)C2CCC13.CCC. The summed E-state index contributed by atoms with van der Waals surface area (Å²) in [6.07, 6.45) is 20.7. The van der Waals surface area contributed by atoms with Gasteiger partial charge in [0.2, 0.25) is 0 Å². The molecular weight excluding hydrogens is 326 g/mol. The van der Waals surface area contributed by atoms with Crippen LogP contribution in [0, 0.1) is 51.8 Å². The van der Waals surface area contributed by atoms with Crippen molar-refractivity contribution in [3.63, 3.8) is 0 Å². The maximum Gasteiger partial charge on any atom is 0.0946 e. The summed E-state index contributed by atoms with van der Waals surface area (Å²) >= 11 is 0. The van der Waals surface area contributed by atoms with Gasteiger partial charge >= 0.3 is 0 Å². The molecule has 4 saturated carbocycles. The van der Waals surface area contributed by atoms with Gasteiger partial charge in [0.05, 0.1) is 6.07 Å². The van der Waals surface area contributed by atoms with Gasteiger partial charge in [0.15, 0.2) is 0 Å². The zero-order valence-corrected chi connectivity index (χ0v) is 18.1. The Morgan fingerprint density at radius 3 is 2.56 bits per heavy atom. The molecule has 27 heavy (non-hydrogen) atoms. The molecule has 0 bridgehead atoms. The average Bonchev–Trinajstić information content (AvgIpc) is 3.08. The largest absolute Gasteiger partial charge is 0.193 e. The highest BCUT2D eigenvalue weighted by molar-refractivity contribution is 5.32. The van der Waals surface area contributed by atoms with Gasteiger partial charge in [-0.25, -0.2) is 0 Å². The minimum absolute atomic E-state index is 0.527. The van der Waals surface area contributed by atoms with Crippen molar-refractivity contribution in [1.82, 2.24) is 0 Å². The number of nitrogens with zero attached hydrogens (tertiary/aromatic N) is 1. The van der Waals surface area contributed by atoms with Crippen molar-refractivity contribution < 1.29 is 0 Å². The van der Waals surface area contributed by atoms with E-state index in [0.29, 0.717) is 16.7 Å². The summed E-state index contributed by atoms with van der Waals surface area (Å²) < 4.78 is 0. The summed E-state index contributed by atoms with van der Waals surface area (Å²) in [5.74, 6) is 4.58. The maximum absolute atomic E-state index is 9.63. The number of nitriles is 1. The molecule has 0 saturated heterocycles. The lowest BCUT2D eigenvalue weighted by Gasteiger charge is -2.61. The van der Waals surface area contributed by atoms with E-state index in [9.17, 15) is 5.26 Å². The summed E-state index contributed by atoms with van der Waals surface area (Å²) in [6.45, 7) is 6.93. The Kier molecular flexibility index (Phi) is 5.48. The van der Waals surface area contributed by atoms with E-state index in [-0.39, 0.29) is 0 Å². The Morgan fingerprint density at radius 2 is 1.78 bits per heavy atom. The number of rotatable bonds is 0. The molecule has 5 aliphatic carbocycles. The Morgan fingerprint density at radius 1 is 0.963 bits per heavy atom. The molecule has 5 rings (SSSR count). The van der Waals surface area contributed by atoms with Crippen molar-refractivity contribution >= 4 is 0 Å². The zero-order valence-electron chi connectivity index (χ0n) is 18.1. The summed E-state index contributed by atoms with van der Waals surface area (Å²) in [6, 6.07) is 2.59. The van der Waals surface area contributed by atoms with Crippen LogP contribution in [0.15, 0.2) is 11.6 Å². The van der Waals surface area contributed by atoms with Crippen LogP contribution in [0.5, 0.6) is 0 Å². The van der Waals surface area contributed by atoms with Crippen LogP contribution >= 0.6 is 0 Å². The first-order chi connectivity index (χ1) is 13.1. The van der Waals surface area contributed by atoms with Crippen molar-refractivity contribution in [1.29, 1.82) is 5.26 Å². The molecule has 0 radical (unpaired) electrons. The van der Waals surface area contributed by atoms with Gasteiger partial charge in [0.1, 0.15) is 0 Å². The van der Waals surface area contributed by atoms with E-state index < -0.39 is 0 Å². The monoisotopic (exact) mass is 367 g/mol. The lowest BCUT2D eigenvalue weighted by Crippen LogP contribution is -2.53. The fraction of sp³-hybridized carbons (Fsp3) is 0.885. The first-order valence-electron chi connectivity index (χ1n) is 12.2. The molecule has 7 unspecified atom stereocenters. The molecule has 1 heteroatoms. The molecule has 0 aromatic rings. The fourth-order valence-corrected chi connectivity index (χ4v) is 8.82. The third-order valence-electron chi connectivity index (χ3n) is 9.78. The van der Waals surface area contributed by atoms with Crippen LogP contribution in [0.25, 0.3) is 0 Å². The molecule has 0 aromatic carbocycles. The van der Waals surface area contributed by atoms with Crippen LogP contribution in [-0.2, 0) is 0 Å². The molecule has 150 valence electrons. The standard InChI is InChI=1S/C23H33N.C3H8/c1-22-12-3-2-6-17(22)7-8-18-20(22)11-14-23-13-4-5-16(15-24)19(23)9-10-21(18)23;1-3-2/h5,17-21H,2-4,6-14H2,1H3;3H2,1-2H3. The third-order valence-corrected chi connectivity index (χ3v) is 9.78. The van der Waals surface area contributed by atoms with E-state index in [4.69, 9.17) is 0 Å². The van der Waals surface area contributed by atoms with E-state index in [2.05, 4.69) is 32.9 Å². The number of hydrogen-bond donors (Lipinski definition) is 0. The highest BCUT2D eigenvalue weighted by Gasteiger charge is 2.61. The minimum Gasteiger partial charge on any atom is -0.193 e. The Balaban J connectivity index is 0.000000565. The Hall–Kier alpha value is -0.770. The molecule has 0 aromatic heterocycles. The van der Waals surface area contributed by atoms with Crippen LogP contribution in [0.2, 0.25) is 0 Å². The second-order valence-electron chi connectivity index (χ2n) is 10.8. The summed E-state index contributed by atoms with van der Waals surface area (Å²) in [4.78, 5) is 0. The van der Waals surface area contributed by atoms with Crippen molar-refractivity contribution in [3.05, 3.63) is 11.6 Å². The van der Waals surface area contributed by atoms with Gasteiger partial charge in [0.25, 0.3) is 0 Å². The Labute approximate surface area is 168 Å². The predicted octanol–water partition coefficient (Wildman–Crippen LogP) is 7.68. The van der Waals surface area contributed by atoms with Crippen LogP contribution in [0.1, 0.15) is 104 Å². The van der Waals surface area contributed by atoms with Gasteiger partial charge < -0.3 is 0 Å². The third kappa shape index (κ3) is 2.92. The average molecular weight is 368 g/mol. The van der Waals surface area contributed by atoms with Gasteiger partial charge in [-0.15, -0.1) is 0 Å². The molecule has 1 nitrogen and oxygen atoms in total. The Bertz CT molecular complexity index is 612. The van der Waals surface area contributed by atoms with Gasteiger partial charge in [0, 0.05) is 5.57 Å². The molecule has 0 heterocycles. The van der Waals surface area contributed by atoms with Gasteiger partial charge in [-0.3, -0.25) is 0 Å². The van der Waals surface area contributed by atoms with E-state index in [0.717, 1.165) is 23.7 Å². The smallest absolute Gasteiger partial charge is 0.0946 e. The van der Waals surface area contributed by atoms with Crippen LogP contribution in [-0.4, -0.2) is 0 Å². The van der Waals surface area contributed by atoms with E-state index in [1.807, 2.05) is 0 Å². The van der Waals surface area contributed by atoms with Crippen molar-refractivity contribution in [3.8, 4) is 6.07 Å². The number of fused-ring (bicyclic) bond motifs is 4. The van der Waals surface area contributed by atoms with Gasteiger partial charge in [-0.2, -0.15) is 5.26 Å². The van der Waals surface area contributed by atoms with Crippen LogP contribution in [0.4, 0.5) is 0 Å². The maximum atomic E-state index is 9.63. The highest BCUT2D eigenvalue weighted by atomic mass is 14.7.